The molecule has 11 heteroatoms. The fraction of sp³-hybridized carbons (Fsp3) is 0.280. The van der Waals surface area contributed by atoms with Gasteiger partial charge in [0.25, 0.3) is 5.91 Å². The van der Waals surface area contributed by atoms with Crippen LogP contribution in [0.5, 0.6) is 0 Å². The number of carbonyl (C=O) groups is 1. The molecule has 0 saturated carbocycles. The summed E-state index contributed by atoms with van der Waals surface area (Å²) in [6.07, 6.45) is -1.09. The minimum absolute atomic E-state index is 0.0705. The number of hydrogen-bond donors (Lipinski definition) is 1. The Labute approximate surface area is 206 Å². The highest BCUT2D eigenvalue weighted by Crippen LogP contribution is 2.31. The fourth-order valence-electron chi connectivity index (χ4n) is 3.84. The van der Waals surface area contributed by atoms with Gasteiger partial charge in [0.05, 0.1) is 23.6 Å². The van der Waals surface area contributed by atoms with Crippen molar-refractivity contribution in [2.75, 3.05) is 19.4 Å². The molecule has 0 fully saturated rings. The summed E-state index contributed by atoms with van der Waals surface area (Å²) in [6.45, 7) is 4.09. The first kappa shape index (κ1) is 25.1. The number of halogens is 3. The third-order valence-corrected chi connectivity index (χ3v) is 5.80. The number of rotatable bonds is 6. The van der Waals surface area contributed by atoms with Crippen molar-refractivity contribution in [3.63, 3.8) is 0 Å². The van der Waals surface area contributed by atoms with E-state index < -0.39 is 17.6 Å². The second-order valence-electron chi connectivity index (χ2n) is 8.93. The Morgan fingerprint density at radius 3 is 2.50 bits per heavy atom. The molecule has 188 valence electrons. The van der Waals surface area contributed by atoms with Crippen molar-refractivity contribution in [1.29, 1.82) is 0 Å². The summed E-state index contributed by atoms with van der Waals surface area (Å²) in [4.78, 5) is 14.7. The lowest BCUT2D eigenvalue weighted by molar-refractivity contribution is -0.137. The molecule has 0 spiro atoms. The first-order valence-corrected chi connectivity index (χ1v) is 11.1. The van der Waals surface area contributed by atoms with Gasteiger partial charge in [0.15, 0.2) is 0 Å². The number of carbonyl (C=O) groups excluding carboxylic acids is 1. The van der Waals surface area contributed by atoms with Crippen molar-refractivity contribution in [3.05, 3.63) is 76.7 Å². The first-order valence-electron chi connectivity index (χ1n) is 11.1. The summed E-state index contributed by atoms with van der Waals surface area (Å²) in [6, 6.07) is 8.59. The van der Waals surface area contributed by atoms with Crippen LogP contribution in [0.15, 0.2) is 48.8 Å². The molecule has 2 aromatic carbocycles. The summed E-state index contributed by atoms with van der Waals surface area (Å²) in [5.74, 6) is -0.638. The van der Waals surface area contributed by atoms with Crippen molar-refractivity contribution in [1.82, 2.24) is 29.7 Å². The highest BCUT2D eigenvalue weighted by Gasteiger charge is 2.32. The first-order chi connectivity index (χ1) is 16.9. The van der Waals surface area contributed by atoms with Gasteiger partial charge in [-0.2, -0.15) is 18.3 Å². The van der Waals surface area contributed by atoms with Gasteiger partial charge in [-0.3, -0.25) is 9.48 Å². The molecule has 2 aromatic heterocycles. The SMILES string of the molecule is Cc1ccc(NC(=O)c2cc(CN(C)C)cc(C(F)(F)F)c2)cc1-n1cc(-c2cnn(C)c2C)nn1. The number of nitrogens with one attached hydrogen (secondary N) is 1. The predicted octanol–water partition coefficient (Wildman–Crippen LogP) is 4.62. The van der Waals surface area contributed by atoms with Gasteiger partial charge in [0, 0.05) is 36.1 Å². The zero-order chi connectivity index (χ0) is 26.2. The van der Waals surface area contributed by atoms with Crippen molar-refractivity contribution in [3.8, 4) is 16.9 Å². The topological polar surface area (TPSA) is 80.9 Å². The quantitative estimate of drug-likeness (QED) is 0.421. The van der Waals surface area contributed by atoms with Crippen LogP contribution >= 0.6 is 0 Å². The van der Waals surface area contributed by atoms with Gasteiger partial charge in [0.2, 0.25) is 0 Å². The van der Waals surface area contributed by atoms with Gasteiger partial charge < -0.3 is 10.2 Å². The van der Waals surface area contributed by atoms with Crippen molar-refractivity contribution >= 4 is 11.6 Å². The third kappa shape index (κ3) is 5.30. The fourth-order valence-corrected chi connectivity index (χ4v) is 3.84. The van der Waals surface area contributed by atoms with Gasteiger partial charge in [-0.25, -0.2) is 4.68 Å². The highest BCUT2D eigenvalue weighted by atomic mass is 19.4. The number of aryl methyl sites for hydroxylation is 2. The molecular weight excluding hydrogens is 471 g/mol. The van der Waals surface area contributed by atoms with Crippen LogP contribution in [0.1, 0.15) is 32.7 Å². The zero-order valence-electron chi connectivity index (χ0n) is 20.6. The van der Waals surface area contributed by atoms with Gasteiger partial charge >= 0.3 is 6.18 Å². The molecule has 0 aliphatic rings. The van der Waals surface area contributed by atoms with Gasteiger partial charge in [-0.05, 0) is 69.4 Å². The van der Waals surface area contributed by atoms with Gasteiger partial charge in [-0.15, -0.1) is 5.10 Å². The molecule has 0 atom stereocenters. The summed E-state index contributed by atoms with van der Waals surface area (Å²) in [5, 5.41) is 15.4. The average Bonchev–Trinajstić information content (AvgIpc) is 3.40. The lowest BCUT2D eigenvalue weighted by Gasteiger charge is -2.15. The van der Waals surface area contributed by atoms with Crippen LogP contribution in [0.2, 0.25) is 0 Å². The molecule has 0 bridgehead atoms. The molecule has 0 aliphatic carbocycles. The summed E-state index contributed by atoms with van der Waals surface area (Å²) in [5.41, 5.74) is 3.86. The Hall–Kier alpha value is -3.99. The van der Waals surface area contributed by atoms with Gasteiger partial charge in [0.1, 0.15) is 5.69 Å². The Morgan fingerprint density at radius 2 is 1.86 bits per heavy atom. The normalized spacial score (nSPS) is 11.8. The summed E-state index contributed by atoms with van der Waals surface area (Å²) >= 11 is 0. The molecule has 4 aromatic rings. The maximum Gasteiger partial charge on any atom is 0.416 e. The Bertz CT molecular complexity index is 1420. The van der Waals surface area contributed by atoms with E-state index in [1.807, 2.05) is 20.9 Å². The molecular formula is C25H26F3N7O. The second-order valence-corrected chi connectivity index (χ2v) is 8.93. The van der Waals surface area contributed by atoms with Crippen LogP contribution in [0.3, 0.4) is 0 Å². The van der Waals surface area contributed by atoms with Crippen LogP contribution in [0, 0.1) is 13.8 Å². The molecule has 36 heavy (non-hydrogen) atoms. The molecule has 0 saturated heterocycles. The van der Waals surface area contributed by atoms with E-state index in [9.17, 15) is 18.0 Å². The van der Waals surface area contributed by atoms with E-state index >= 15 is 0 Å². The van der Waals surface area contributed by atoms with E-state index in [4.69, 9.17) is 0 Å². The van der Waals surface area contributed by atoms with Crippen molar-refractivity contribution in [2.45, 2.75) is 26.6 Å². The Kier molecular flexibility index (Phi) is 6.68. The van der Waals surface area contributed by atoms with Crippen LogP contribution < -0.4 is 5.32 Å². The van der Waals surface area contributed by atoms with Crippen LogP contribution in [0.25, 0.3) is 16.9 Å². The summed E-state index contributed by atoms with van der Waals surface area (Å²) < 4.78 is 43.7. The third-order valence-electron chi connectivity index (χ3n) is 5.80. The maximum atomic E-state index is 13.4. The number of nitrogens with zero attached hydrogens (tertiary/aromatic N) is 6. The van der Waals surface area contributed by atoms with Crippen molar-refractivity contribution < 1.29 is 18.0 Å². The maximum absolute atomic E-state index is 13.4. The minimum Gasteiger partial charge on any atom is -0.322 e. The second kappa shape index (κ2) is 9.57. The minimum atomic E-state index is -4.56. The lowest BCUT2D eigenvalue weighted by Crippen LogP contribution is -2.17. The van der Waals surface area contributed by atoms with E-state index in [0.29, 0.717) is 22.6 Å². The standard InChI is InChI=1S/C25H26F3N7O/c1-15-6-7-20(11-23(15)35-14-22(31-32-35)21-12-29-34(5)16(21)2)30-24(36)18-8-17(13-33(3)4)9-19(10-18)25(26,27)28/h6-12,14H,13H2,1-5H3,(H,30,36). The van der Waals surface area contributed by atoms with E-state index in [1.165, 1.54) is 6.07 Å². The van der Waals surface area contributed by atoms with E-state index in [0.717, 1.165) is 29.0 Å². The Morgan fingerprint density at radius 1 is 1.11 bits per heavy atom. The molecule has 1 amide bonds. The lowest BCUT2D eigenvalue weighted by atomic mass is 10.0. The van der Waals surface area contributed by atoms with Gasteiger partial charge in [-0.1, -0.05) is 11.3 Å². The van der Waals surface area contributed by atoms with E-state index in [2.05, 4.69) is 20.7 Å². The molecule has 0 radical (unpaired) electrons. The number of aromatic nitrogens is 5. The zero-order valence-corrected chi connectivity index (χ0v) is 20.6. The molecule has 4 rings (SSSR count). The monoisotopic (exact) mass is 497 g/mol. The van der Waals surface area contributed by atoms with Crippen LogP contribution in [-0.4, -0.2) is 49.7 Å². The highest BCUT2D eigenvalue weighted by molar-refractivity contribution is 6.04. The van der Waals surface area contributed by atoms with Crippen LogP contribution in [0.4, 0.5) is 18.9 Å². The number of anilines is 1. The smallest absolute Gasteiger partial charge is 0.322 e. The van der Waals surface area contributed by atoms with Crippen LogP contribution in [-0.2, 0) is 19.8 Å². The number of benzene rings is 2. The molecule has 0 unspecified atom stereocenters. The van der Waals surface area contributed by atoms with E-state index in [-0.39, 0.29) is 12.1 Å². The molecule has 1 N–H and O–H groups in total. The number of alkyl halides is 3. The molecule has 8 nitrogen and oxygen atoms in total. The molecule has 0 aliphatic heterocycles. The molecule has 2 heterocycles. The average molecular weight is 498 g/mol. The summed E-state index contributed by atoms with van der Waals surface area (Å²) in [7, 11) is 5.34. The van der Waals surface area contributed by atoms with Crippen molar-refractivity contribution in [2.24, 2.45) is 7.05 Å². The van der Waals surface area contributed by atoms with E-state index in [1.54, 1.807) is 59.0 Å². The largest absolute Gasteiger partial charge is 0.416 e. The number of hydrogen-bond acceptors (Lipinski definition) is 5. The predicted molar refractivity (Wildman–Crippen MR) is 130 cm³/mol. The Balaban J connectivity index is 1.62. The number of amides is 1.